The number of hydrogen-bond acceptors (Lipinski definition) is 2. The minimum Gasteiger partial charge on any atom is -0.489 e. The van der Waals surface area contributed by atoms with Gasteiger partial charge < -0.3 is 10.1 Å². The second-order valence-electron chi connectivity index (χ2n) is 6.27. The Morgan fingerprint density at radius 2 is 2.00 bits per heavy atom. The average molecular weight is 284 g/mol. The number of hydrogen-bond donors (Lipinski definition) is 1. The van der Waals surface area contributed by atoms with Crippen LogP contribution in [0.15, 0.2) is 24.3 Å². The largest absolute Gasteiger partial charge is 0.489 e. The van der Waals surface area contributed by atoms with Crippen LogP contribution in [0, 0.1) is 5.41 Å². The third-order valence-corrected chi connectivity index (χ3v) is 3.50. The maximum absolute atomic E-state index is 5.97. The highest BCUT2D eigenvalue weighted by molar-refractivity contribution is 6.30. The summed E-state index contributed by atoms with van der Waals surface area (Å²) >= 11 is 5.97. The van der Waals surface area contributed by atoms with E-state index >= 15 is 0 Å². The van der Waals surface area contributed by atoms with E-state index in [0.717, 1.165) is 12.2 Å². The highest BCUT2D eigenvalue weighted by Crippen LogP contribution is 2.24. The lowest BCUT2D eigenvalue weighted by Gasteiger charge is -2.27. The second kappa shape index (κ2) is 7.16. The highest BCUT2D eigenvalue weighted by atomic mass is 35.5. The molecule has 0 saturated heterocycles. The van der Waals surface area contributed by atoms with Gasteiger partial charge in [0.05, 0.1) is 0 Å². The van der Waals surface area contributed by atoms with E-state index in [1.165, 1.54) is 6.42 Å². The zero-order chi connectivity index (χ0) is 14.5. The molecule has 0 fully saturated rings. The maximum Gasteiger partial charge on any atom is 0.121 e. The van der Waals surface area contributed by atoms with Crippen LogP contribution in [0.25, 0.3) is 0 Å². The van der Waals surface area contributed by atoms with E-state index in [0.29, 0.717) is 16.5 Å². The lowest BCUT2D eigenvalue weighted by Crippen LogP contribution is -2.40. The lowest BCUT2D eigenvalue weighted by atomic mass is 9.88. The molecule has 0 aliphatic carbocycles. The summed E-state index contributed by atoms with van der Waals surface area (Å²) in [5.74, 6) is 0.830. The molecule has 0 aromatic heterocycles. The van der Waals surface area contributed by atoms with E-state index < -0.39 is 0 Å². The number of benzene rings is 1. The summed E-state index contributed by atoms with van der Waals surface area (Å²) < 4.78 is 5.97. The molecule has 2 unspecified atom stereocenters. The van der Waals surface area contributed by atoms with Crippen molar-refractivity contribution < 1.29 is 4.74 Å². The topological polar surface area (TPSA) is 21.3 Å². The van der Waals surface area contributed by atoms with Crippen molar-refractivity contribution in [2.24, 2.45) is 5.41 Å². The van der Waals surface area contributed by atoms with Crippen molar-refractivity contribution >= 4 is 11.6 Å². The molecular formula is C16H26ClNO. The second-order valence-corrected chi connectivity index (χ2v) is 6.71. The van der Waals surface area contributed by atoms with Gasteiger partial charge in [0, 0.05) is 11.1 Å². The van der Waals surface area contributed by atoms with Crippen LogP contribution in [-0.2, 0) is 0 Å². The van der Waals surface area contributed by atoms with Crippen molar-refractivity contribution in [3.63, 3.8) is 0 Å². The summed E-state index contributed by atoms with van der Waals surface area (Å²) in [6.07, 6.45) is 2.38. The predicted octanol–water partition coefficient (Wildman–Crippen LogP) is 4.52. The van der Waals surface area contributed by atoms with Gasteiger partial charge in [0.25, 0.3) is 0 Å². The van der Waals surface area contributed by atoms with Crippen LogP contribution in [0.1, 0.15) is 40.5 Å². The Balaban J connectivity index is 2.56. The molecule has 1 rings (SSSR count). The summed E-state index contributed by atoms with van der Waals surface area (Å²) in [5, 5.41) is 4.06. The Hall–Kier alpha value is -0.730. The van der Waals surface area contributed by atoms with E-state index in [9.17, 15) is 0 Å². The van der Waals surface area contributed by atoms with Gasteiger partial charge in [-0.25, -0.2) is 0 Å². The van der Waals surface area contributed by atoms with Gasteiger partial charge >= 0.3 is 0 Å². The summed E-state index contributed by atoms with van der Waals surface area (Å²) in [7, 11) is 1.99. The predicted molar refractivity (Wildman–Crippen MR) is 83.1 cm³/mol. The van der Waals surface area contributed by atoms with E-state index in [-0.39, 0.29) is 6.10 Å². The van der Waals surface area contributed by atoms with Crippen molar-refractivity contribution in [1.29, 1.82) is 0 Å². The summed E-state index contributed by atoms with van der Waals surface area (Å²) in [6, 6.07) is 7.91. The van der Waals surface area contributed by atoms with E-state index in [1.54, 1.807) is 0 Å². The van der Waals surface area contributed by atoms with E-state index in [4.69, 9.17) is 16.3 Å². The smallest absolute Gasteiger partial charge is 0.121 e. The molecule has 1 aromatic carbocycles. The molecule has 0 heterocycles. The van der Waals surface area contributed by atoms with E-state index in [1.807, 2.05) is 31.3 Å². The Kier molecular flexibility index (Phi) is 6.15. The molecule has 108 valence electrons. The molecule has 1 aromatic rings. The molecule has 0 amide bonds. The zero-order valence-corrected chi connectivity index (χ0v) is 13.4. The SMILES string of the molecule is CNC(CCC(C)(C)C)C(C)Oc1cccc(Cl)c1. The van der Waals surface area contributed by atoms with Crippen LogP contribution < -0.4 is 10.1 Å². The molecular weight excluding hydrogens is 258 g/mol. The molecule has 2 nitrogen and oxygen atoms in total. The third-order valence-electron chi connectivity index (χ3n) is 3.26. The van der Waals surface area contributed by atoms with Crippen LogP contribution in [-0.4, -0.2) is 19.2 Å². The number of rotatable bonds is 6. The molecule has 2 atom stereocenters. The third kappa shape index (κ3) is 6.31. The fourth-order valence-electron chi connectivity index (χ4n) is 2.04. The fraction of sp³-hybridized carbons (Fsp3) is 0.625. The van der Waals surface area contributed by atoms with Gasteiger partial charge in [0.1, 0.15) is 11.9 Å². The quantitative estimate of drug-likeness (QED) is 0.829. The Bertz CT molecular complexity index is 387. The first kappa shape index (κ1) is 16.3. The lowest BCUT2D eigenvalue weighted by molar-refractivity contribution is 0.159. The van der Waals surface area contributed by atoms with Crippen LogP contribution >= 0.6 is 11.6 Å². The highest BCUT2D eigenvalue weighted by Gasteiger charge is 2.20. The van der Waals surface area contributed by atoms with Gasteiger partial charge in [-0.1, -0.05) is 38.4 Å². The first-order valence-corrected chi connectivity index (χ1v) is 7.29. The van der Waals surface area contributed by atoms with Crippen LogP contribution in [0.3, 0.4) is 0 Å². The number of ether oxygens (including phenoxy) is 1. The van der Waals surface area contributed by atoms with E-state index in [2.05, 4.69) is 33.0 Å². The number of likely N-dealkylation sites (N-methyl/N-ethyl adjacent to an activating group) is 1. The summed E-state index contributed by atoms with van der Waals surface area (Å²) in [6.45, 7) is 8.90. The van der Waals surface area contributed by atoms with Crippen LogP contribution in [0.5, 0.6) is 5.75 Å². The van der Waals surface area contributed by atoms with Gasteiger partial charge in [-0.2, -0.15) is 0 Å². The first-order valence-electron chi connectivity index (χ1n) is 6.91. The molecule has 0 radical (unpaired) electrons. The summed E-state index contributed by atoms with van der Waals surface area (Å²) in [5.41, 5.74) is 0.352. The van der Waals surface area contributed by atoms with Crippen molar-refractivity contribution in [1.82, 2.24) is 5.32 Å². The Labute approximate surface area is 122 Å². The van der Waals surface area contributed by atoms with Gasteiger partial charge in [-0.3, -0.25) is 0 Å². The Morgan fingerprint density at radius 1 is 1.32 bits per heavy atom. The zero-order valence-electron chi connectivity index (χ0n) is 12.7. The monoisotopic (exact) mass is 283 g/mol. The van der Waals surface area contributed by atoms with Crippen molar-refractivity contribution in [2.75, 3.05) is 7.05 Å². The molecule has 0 spiro atoms. The number of nitrogens with one attached hydrogen (secondary N) is 1. The van der Waals surface area contributed by atoms with Crippen LogP contribution in [0.4, 0.5) is 0 Å². The summed E-state index contributed by atoms with van der Waals surface area (Å²) in [4.78, 5) is 0. The first-order chi connectivity index (χ1) is 8.81. The Morgan fingerprint density at radius 3 is 2.53 bits per heavy atom. The van der Waals surface area contributed by atoms with Gasteiger partial charge in [-0.05, 0) is 50.4 Å². The minimum atomic E-state index is 0.116. The normalized spacial score (nSPS) is 15.1. The molecule has 1 N–H and O–H groups in total. The average Bonchev–Trinajstić information content (AvgIpc) is 2.28. The molecule has 0 aliphatic rings. The van der Waals surface area contributed by atoms with Gasteiger partial charge in [0.2, 0.25) is 0 Å². The van der Waals surface area contributed by atoms with Crippen molar-refractivity contribution in [2.45, 2.75) is 52.7 Å². The standard InChI is InChI=1S/C16H26ClNO/c1-12(15(18-5)9-10-16(2,3)4)19-14-8-6-7-13(17)11-14/h6-8,11-12,15,18H,9-10H2,1-5H3. The molecule has 0 aliphatic heterocycles. The van der Waals surface area contributed by atoms with Gasteiger partial charge in [0.15, 0.2) is 0 Å². The van der Waals surface area contributed by atoms with Crippen molar-refractivity contribution in [3.8, 4) is 5.75 Å². The van der Waals surface area contributed by atoms with Gasteiger partial charge in [-0.15, -0.1) is 0 Å². The van der Waals surface area contributed by atoms with Crippen LogP contribution in [0.2, 0.25) is 5.02 Å². The molecule has 0 saturated carbocycles. The molecule has 0 bridgehead atoms. The molecule has 19 heavy (non-hydrogen) atoms. The number of halogens is 1. The fourth-order valence-corrected chi connectivity index (χ4v) is 2.22. The minimum absolute atomic E-state index is 0.116. The molecule has 3 heteroatoms. The maximum atomic E-state index is 5.97. The van der Waals surface area contributed by atoms with Crippen molar-refractivity contribution in [3.05, 3.63) is 29.3 Å².